The predicted molar refractivity (Wildman–Crippen MR) is 122 cm³/mol. The summed E-state index contributed by atoms with van der Waals surface area (Å²) >= 11 is 7.57. The van der Waals surface area contributed by atoms with Crippen LogP contribution in [0.4, 0.5) is 11.4 Å². The Morgan fingerprint density at radius 2 is 1.90 bits per heavy atom. The van der Waals surface area contributed by atoms with Crippen molar-refractivity contribution in [1.82, 2.24) is 9.88 Å². The first-order chi connectivity index (χ1) is 13.8. The number of hydrogen-bond acceptors (Lipinski definition) is 5. The lowest BCUT2D eigenvalue weighted by Gasteiger charge is -2.36. The number of carbonyl (C=O) groups is 1. The Kier molecular flexibility index (Phi) is 5.40. The summed E-state index contributed by atoms with van der Waals surface area (Å²) in [4.78, 5) is 23.5. The molecule has 2 aromatic heterocycles. The topological polar surface area (TPSA) is 62.5 Å². The predicted octanol–water partition coefficient (Wildman–Crippen LogP) is 4.93. The quantitative estimate of drug-likeness (QED) is 0.642. The van der Waals surface area contributed by atoms with Gasteiger partial charge in [0.25, 0.3) is 5.91 Å². The van der Waals surface area contributed by atoms with Crippen molar-refractivity contribution in [3.8, 4) is 0 Å². The second-order valence-electron chi connectivity index (χ2n) is 7.80. The molecule has 152 valence electrons. The van der Waals surface area contributed by atoms with E-state index >= 15 is 0 Å². The first-order valence-electron chi connectivity index (χ1n) is 9.84. The van der Waals surface area contributed by atoms with Gasteiger partial charge in [0.15, 0.2) is 0 Å². The third kappa shape index (κ3) is 3.79. The third-order valence-electron chi connectivity index (χ3n) is 5.48. The van der Waals surface area contributed by atoms with Crippen LogP contribution in [0, 0.1) is 6.92 Å². The van der Waals surface area contributed by atoms with Crippen LogP contribution in [0.1, 0.15) is 40.7 Å². The molecule has 0 bridgehead atoms. The highest BCUT2D eigenvalue weighted by Gasteiger charge is 2.27. The number of fused-ring (bicyclic) bond motifs is 1. The molecule has 4 rings (SSSR count). The highest BCUT2D eigenvalue weighted by molar-refractivity contribution is 7.21. The summed E-state index contributed by atoms with van der Waals surface area (Å²) in [7, 11) is 0. The van der Waals surface area contributed by atoms with Crippen LogP contribution in [0.15, 0.2) is 30.3 Å². The average Bonchev–Trinajstić information content (AvgIpc) is 3.05. The molecule has 0 spiro atoms. The zero-order valence-electron chi connectivity index (χ0n) is 16.9. The van der Waals surface area contributed by atoms with Crippen LogP contribution in [-0.4, -0.2) is 42.0 Å². The van der Waals surface area contributed by atoms with Crippen LogP contribution in [0.5, 0.6) is 0 Å². The summed E-state index contributed by atoms with van der Waals surface area (Å²) < 4.78 is 0. The average molecular weight is 429 g/mol. The largest absolute Gasteiger partial charge is 0.397 e. The lowest BCUT2D eigenvalue weighted by molar-refractivity contribution is 0.0752. The molecule has 3 heterocycles. The minimum Gasteiger partial charge on any atom is -0.397 e. The molecule has 3 aromatic rings. The summed E-state index contributed by atoms with van der Waals surface area (Å²) in [5.74, 6) is 0.337. The van der Waals surface area contributed by atoms with E-state index in [2.05, 4.69) is 25.7 Å². The molecule has 1 aromatic carbocycles. The van der Waals surface area contributed by atoms with Crippen LogP contribution in [0.3, 0.4) is 0 Å². The van der Waals surface area contributed by atoms with E-state index in [1.54, 1.807) is 0 Å². The monoisotopic (exact) mass is 428 g/mol. The van der Waals surface area contributed by atoms with Gasteiger partial charge in [-0.3, -0.25) is 4.79 Å². The zero-order chi connectivity index (χ0) is 20.7. The van der Waals surface area contributed by atoms with Gasteiger partial charge in [-0.25, -0.2) is 4.98 Å². The molecule has 2 N–H and O–H groups in total. The van der Waals surface area contributed by atoms with Crippen molar-refractivity contribution < 1.29 is 4.79 Å². The summed E-state index contributed by atoms with van der Waals surface area (Å²) in [6.45, 7) is 9.16. The maximum Gasteiger partial charge on any atom is 0.266 e. The van der Waals surface area contributed by atoms with Crippen LogP contribution in [0.2, 0.25) is 5.02 Å². The van der Waals surface area contributed by atoms with Gasteiger partial charge in [-0.1, -0.05) is 31.5 Å². The number of halogens is 1. The van der Waals surface area contributed by atoms with Crippen molar-refractivity contribution in [3.05, 3.63) is 51.5 Å². The van der Waals surface area contributed by atoms with E-state index in [9.17, 15) is 4.79 Å². The molecule has 29 heavy (non-hydrogen) atoms. The van der Waals surface area contributed by atoms with E-state index in [-0.39, 0.29) is 5.91 Å². The Bertz CT molecular complexity index is 1070. The van der Waals surface area contributed by atoms with Crippen molar-refractivity contribution in [2.24, 2.45) is 0 Å². The van der Waals surface area contributed by atoms with Gasteiger partial charge in [-0.2, -0.15) is 0 Å². The molecule has 7 heteroatoms. The summed E-state index contributed by atoms with van der Waals surface area (Å²) in [5, 5.41) is 1.60. The summed E-state index contributed by atoms with van der Waals surface area (Å²) in [5.41, 5.74) is 10.2. The van der Waals surface area contributed by atoms with Gasteiger partial charge < -0.3 is 15.5 Å². The summed E-state index contributed by atoms with van der Waals surface area (Å²) in [6, 6.07) is 9.92. The van der Waals surface area contributed by atoms with E-state index in [1.807, 2.05) is 35.2 Å². The number of nitrogens with two attached hydrogens (primary N) is 1. The molecule has 1 aliphatic heterocycles. The molecule has 0 unspecified atom stereocenters. The van der Waals surface area contributed by atoms with Gasteiger partial charge in [0, 0.05) is 48.0 Å². The number of piperazine rings is 1. The van der Waals surface area contributed by atoms with Gasteiger partial charge in [0.05, 0.1) is 5.69 Å². The van der Waals surface area contributed by atoms with Crippen molar-refractivity contribution in [1.29, 1.82) is 0 Å². The molecule has 1 saturated heterocycles. The number of nitrogen functional groups attached to an aromatic ring is 1. The smallest absolute Gasteiger partial charge is 0.266 e. The van der Waals surface area contributed by atoms with Gasteiger partial charge in [0.1, 0.15) is 9.71 Å². The molecular formula is C22H25ClN4OS. The number of benzene rings is 1. The minimum absolute atomic E-state index is 0.000868. The number of hydrogen-bond donors (Lipinski definition) is 1. The van der Waals surface area contributed by atoms with Crippen molar-refractivity contribution in [2.45, 2.75) is 26.7 Å². The maximum atomic E-state index is 13.2. The van der Waals surface area contributed by atoms with Gasteiger partial charge >= 0.3 is 0 Å². The van der Waals surface area contributed by atoms with Gasteiger partial charge in [0.2, 0.25) is 0 Å². The fourth-order valence-electron chi connectivity index (χ4n) is 3.71. The molecule has 0 radical (unpaired) electrons. The van der Waals surface area contributed by atoms with Gasteiger partial charge in [-0.15, -0.1) is 11.3 Å². The van der Waals surface area contributed by atoms with Crippen LogP contribution < -0.4 is 10.6 Å². The highest BCUT2D eigenvalue weighted by Crippen LogP contribution is 2.35. The molecule has 5 nitrogen and oxygen atoms in total. The van der Waals surface area contributed by atoms with Crippen LogP contribution in [0.25, 0.3) is 10.2 Å². The zero-order valence-corrected chi connectivity index (χ0v) is 18.5. The number of anilines is 2. The normalized spacial score (nSPS) is 14.8. The first kappa shape index (κ1) is 20.0. The first-order valence-corrected chi connectivity index (χ1v) is 11.0. The molecule has 0 aliphatic carbocycles. The molecule has 0 atom stereocenters. The van der Waals surface area contributed by atoms with Crippen molar-refractivity contribution in [2.75, 3.05) is 36.8 Å². The number of nitrogens with zero attached hydrogens (tertiary/aromatic N) is 3. The Hall–Kier alpha value is -2.31. The van der Waals surface area contributed by atoms with E-state index in [0.717, 1.165) is 39.7 Å². The number of thiophene rings is 1. The summed E-state index contributed by atoms with van der Waals surface area (Å²) in [6.07, 6.45) is 0. The molecule has 0 saturated carbocycles. The Labute approximate surface area is 180 Å². The van der Waals surface area contributed by atoms with E-state index in [4.69, 9.17) is 22.3 Å². The molecule has 1 aliphatic rings. The second kappa shape index (κ2) is 7.84. The fraction of sp³-hybridized carbons (Fsp3) is 0.364. The number of aryl methyl sites for hydroxylation is 1. The molecule has 1 fully saturated rings. The lowest BCUT2D eigenvalue weighted by Crippen LogP contribution is -2.49. The number of rotatable bonds is 3. The number of carbonyl (C=O) groups excluding carboxylic acids is 1. The Morgan fingerprint density at radius 1 is 1.17 bits per heavy atom. The fourth-order valence-corrected chi connectivity index (χ4v) is 4.94. The second-order valence-corrected chi connectivity index (χ2v) is 9.23. The van der Waals surface area contributed by atoms with Crippen molar-refractivity contribution >= 4 is 50.4 Å². The Morgan fingerprint density at radius 3 is 2.59 bits per heavy atom. The number of amides is 1. The standard InChI is InChI=1S/C22H25ClN4OS/c1-13(2)17-7-6-16-19(24)20(29-21(16)25-17)22(28)27-10-8-26(9-11-27)18-12-15(23)5-4-14(18)3/h4-7,12-13H,8-11,24H2,1-3H3. The SMILES string of the molecule is Cc1ccc(Cl)cc1N1CCN(C(=O)c2sc3nc(C(C)C)ccc3c2N)CC1. The Balaban J connectivity index is 1.52. The van der Waals surface area contributed by atoms with Crippen LogP contribution >= 0.6 is 22.9 Å². The lowest BCUT2D eigenvalue weighted by atomic mass is 10.1. The minimum atomic E-state index is -0.000868. The van der Waals surface area contributed by atoms with Crippen LogP contribution in [-0.2, 0) is 0 Å². The number of aromatic nitrogens is 1. The van der Waals surface area contributed by atoms with Gasteiger partial charge in [-0.05, 0) is 42.7 Å². The highest BCUT2D eigenvalue weighted by atomic mass is 35.5. The molecular weight excluding hydrogens is 404 g/mol. The van der Waals surface area contributed by atoms with Crippen molar-refractivity contribution in [3.63, 3.8) is 0 Å². The maximum absolute atomic E-state index is 13.2. The van der Waals surface area contributed by atoms with E-state index in [0.29, 0.717) is 29.6 Å². The molecule has 1 amide bonds. The van der Waals surface area contributed by atoms with E-state index in [1.165, 1.54) is 16.9 Å². The third-order valence-corrected chi connectivity index (χ3v) is 6.82. The number of pyridine rings is 1. The van der Waals surface area contributed by atoms with E-state index < -0.39 is 0 Å².